The van der Waals surface area contributed by atoms with Crippen molar-refractivity contribution in [2.75, 3.05) is 18.5 Å². The van der Waals surface area contributed by atoms with Gasteiger partial charge in [-0.1, -0.05) is 12.1 Å². The number of benzene rings is 1. The van der Waals surface area contributed by atoms with Crippen molar-refractivity contribution in [2.24, 2.45) is 21.5 Å². The molecule has 0 radical (unpaired) electrons. The Morgan fingerprint density at radius 3 is 2.62 bits per heavy atom. The largest absolute Gasteiger partial charge is 0.385 e. The highest BCUT2D eigenvalue weighted by Crippen LogP contribution is 2.20. The predicted molar refractivity (Wildman–Crippen MR) is 104 cm³/mol. The summed E-state index contributed by atoms with van der Waals surface area (Å²) in [5.41, 5.74) is 14.5. The lowest BCUT2D eigenvalue weighted by Crippen LogP contribution is -2.53. The van der Waals surface area contributed by atoms with Crippen LogP contribution in [0.5, 0.6) is 0 Å². The van der Waals surface area contributed by atoms with Crippen molar-refractivity contribution < 1.29 is 4.84 Å². The summed E-state index contributed by atoms with van der Waals surface area (Å²) in [5, 5.41) is 4.92. The fourth-order valence-corrected chi connectivity index (χ4v) is 2.40. The Bertz CT molecular complexity index is 629. The molecule has 2 rings (SSSR count). The fourth-order valence-electron chi connectivity index (χ4n) is 2.40. The van der Waals surface area contributed by atoms with Gasteiger partial charge >= 0.3 is 0 Å². The molecule has 0 aliphatic carbocycles. The van der Waals surface area contributed by atoms with Gasteiger partial charge in [-0.25, -0.2) is 4.99 Å². The van der Waals surface area contributed by atoms with Crippen molar-refractivity contribution in [1.29, 1.82) is 0 Å². The summed E-state index contributed by atoms with van der Waals surface area (Å²) in [4.78, 5) is 13.9. The van der Waals surface area contributed by atoms with Gasteiger partial charge in [-0.3, -0.25) is 4.84 Å². The van der Waals surface area contributed by atoms with Crippen LogP contribution >= 0.6 is 17.0 Å². The smallest absolute Gasteiger partial charge is 0.226 e. The van der Waals surface area contributed by atoms with E-state index in [1.165, 1.54) is 16.2 Å². The van der Waals surface area contributed by atoms with Crippen molar-refractivity contribution in [3.8, 4) is 0 Å². The first-order valence-corrected chi connectivity index (χ1v) is 7.73. The number of nitrogens with zero attached hydrogens (tertiary/aromatic N) is 3. The number of aryl methyl sites for hydroxylation is 2. The molecule has 1 aromatic carbocycles. The van der Waals surface area contributed by atoms with Gasteiger partial charge in [0.15, 0.2) is 5.66 Å². The Labute approximate surface area is 153 Å². The molecule has 1 aliphatic heterocycles. The molecule has 0 unspecified atom stereocenters. The summed E-state index contributed by atoms with van der Waals surface area (Å²) in [6.07, 6.45) is 0.826. The van der Waals surface area contributed by atoms with Crippen LogP contribution in [0.25, 0.3) is 0 Å². The minimum atomic E-state index is -0.656. The van der Waals surface area contributed by atoms with E-state index in [1.807, 2.05) is 13.8 Å². The van der Waals surface area contributed by atoms with Gasteiger partial charge in [0.2, 0.25) is 11.9 Å². The molecule has 0 aromatic heterocycles. The zero-order valence-electron chi connectivity index (χ0n) is 14.7. The number of halogens is 1. The van der Waals surface area contributed by atoms with Gasteiger partial charge in [0.25, 0.3) is 0 Å². The molecule has 0 amide bonds. The second kappa shape index (κ2) is 8.34. The first-order chi connectivity index (χ1) is 10.8. The summed E-state index contributed by atoms with van der Waals surface area (Å²) in [6, 6.07) is 6.37. The first-order valence-electron chi connectivity index (χ1n) is 7.73. The molecule has 0 bridgehead atoms. The van der Waals surface area contributed by atoms with Crippen LogP contribution < -0.4 is 16.8 Å². The maximum absolute atomic E-state index is 5.86. The number of nitrogens with two attached hydrogens (primary N) is 2. The van der Waals surface area contributed by atoms with Crippen LogP contribution in [0.1, 0.15) is 31.4 Å². The zero-order valence-corrected chi connectivity index (χ0v) is 16.4. The third-order valence-corrected chi connectivity index (χ3v) is 3.57. The second-order valence-corrected chi connectivity index (χ2v) is 6.16. The number of hydrogen-bond acceptors (Lipinski definition) is 7. The van der Waals surface area contributed by atoms with Crippen LogP contribution in [0, 0.1) is 13.8 Å². The minimum Gasteiger partial charge on any atom is -0.385 e. The maximum atomic E-state index is 5.86. The Morgan fingerprint density at radius 1 is 1.25 bits per heavy atom. The van der Waals surface area contributed by atoms with E-state index in [-0.39, 0.29) is 28.9 Å². The van der Waals surface area contributed by atoms with E-state index in [0.717, 1.165) is 18.7 Å². The Morgan fingerprint density at radius 2 is 1.96 bits per heavy atom. The molecular formula is C16H27BrN6O. The van der Waals surface area contributed by atoms with E-state index in [2.05, 4.69) is 47.3 Å². The van der Waals surface area contributed by atoms with Gasteiger partial charge in [-0.2, -0.15) is 10.1 Å². The predicted octanol–water partition coefficient (Wildman–Crippen LogP) is 2.30. The number of hydroxylamine groups is 2. The highest BCUT2D eigenvalue weighted by atomic mass is 79.9. The SMILES string of the molecule is Br.Cc1ccc(C)c(NCCCON2C(N)=NC(N)=NC2(C)C)c1. The minimum absolute atomic E-state index is 0. The summed E-state index contributed by atoms with van der Waals surface area (Å²) >= 11 is 0. The number of aliphatic imine (C=N–C) groups is 2. The maximum Gasteiger partial charge on any atom is 0.226 e. The molecule has 0 atom stereocenters. The van der Waals surface area contributed by atoms with Crippen LogP contribution in [0.4, 0.5) is 5.69 Å². The summed E-state index contributed by atoms with van der Waals surface area (Å²) in [6.45, 7) is 9.23. The highest BCUT2D eigenvalue weighted by Gasteiger charge is 2.32. The van der Waals surface area contributed by atoms with E-state index < -0.39 is 5.66 Å². The molecule has 0 saturated carbocycles. The van der Waals surface area contributed by atoms with Gasteiger partial charge in [-0.05, 0) is 51.3 Å². The topological polar surface area (TPSA) is 101 Å². The standard InChI is InChI=1S/C16H26N6O.BrH/c1-11-6-7-12(2)13(10-11)19-8-5-9-23-22-15(18)20-14(17)21-16(22,3)4;/h6-7,10,19H,5,8-9H2,1-4H3,(H4,17,18,20,21);1H. The molecule has 0 spiro atoms. The molecule has 7 nitrogen and oxygen atoms in total. The Balaban J connectivity index is 0.00000288. The van der Waals surface area contributed by atoms with Gasteiger partial charge in [0, 0.05) is 12.2 Å². The van der Waals surface area contributed by atoms with Crippen molar-refractivity contribution in [2.45, 2.75) is 39.8 Å². The quantitative estimate of drug-likeness (QED) is 0.638. The van der Waals surface area contributed by atoms with E-state index in [9.17, 15) is 0 Å². The lowest BCUT2D eigenvalue weighted by atomic mass is 10.1. The van der Waals surface area contributed by atoms with Crippen molar-refractivity contribution in [3.05, 3.63) is 29.3 Å². The van der Waals surface area contributed by atoms with Gasteiger partial charge < -0.3 is 16.8 Å². The third kappa shape index (κ3) is 5.10. The van der Waals surface area contributed by atoms with Gasteiger partial charge in [-0.15, -0.1) is 17.0 Å². The second-order valence-electron chi connectivity index (χ2n) is 6.16. The average Bonchev–Trinajstić information content (AvgIpc) is 2.43. The molecule has 0 fully saturated rings. The lowest BCUT2D eigenvalue weighted by Gasteiger charge is -2.36. The number of nitrogens with one attached hydrogen (secondary N) is 1. The zero-order chi connectivity index (χ0) is 17.0. The first kappa shape index (κ1) is 20.2. The number of rotatable bonds is 6. The number of hydrogen-bond donors (Lipinski definition) is 3. The van der Waals surface area contributed by atoms with Crippen LogP contribution in [0.2, 0.25) is 0 Å². The van der Waals surface area contributed by atoms with E-state index >= 15 is 0 Å². The molecule has 1 aliphatic rings. The molecule has 1 heterocycles. The molecule has 24 heavy (non-hydrogen) atoms. The lowest BCUT2D eigenvalue weighted by molar-refractivity contribution is -0.156. The summed E-state index contributed by atoms with van der Waals surface area (Å²) in [5.74, 6) is 0.397. The highest BCUT2D eigenvalue weighted by molar-refractivity contribution is 8.93. The number of anilines is 1. The summed E-state index contributed by atoms with van der Waals surface area (Å²) in [7, 11) is 0. The molecule has 5 N–H and O–H groups in total. The van der Waals surface area contributed by atoms with E-state index in [1.54, 1.807) is 0 Å². The van der Waals surface area contributed by atoms with Crippen molar-refractivity contribution >= 4 is 34.6 Å². The molecule has 8 heteroatoms. The normalized spacial score (nSPS) is 16.1. The van der Waals surface area contributed by atoms with Gasteiger partial charge in [0.1, 0.15) is 0 Å². The van der Waals surface area contributed by atoms with Crippen molar-refractivity contribution in [1.82, 2.24) is 5.06 Å². The van der Waals surface area contributed by atoms with Crippen LogP contribution in [0.15, 0.2) is 28.2 Å². The molecular weight excluding hydrogens is 372 g/mol. The molecule has 0 saturated heterocycles. The average molecular weight is 399 g/mol. The van der Waals surface area contributed by atoms with Gasteiger partial charge in [0.05, 0.1) is 6.61 Å². The van der Waals surface area contributed by atoms with E-state index in [0.29, 0.717) is 6.61 Å². The summed E-state index contributed by atoms with van der Waals surface area (Å²) < 4.78 is 0. The molecule has 1 aromatic rings. The number of guanidine groups is 2. The van der Waals surface area contributed by atoms with Crippen LogP contribution in [-0.4, -0.2) is 35.8 Å². The van der Waals surface area contributed by atoms with Crippen LogP contribution in [0.3, 0.4) is 0 Å². The monoisotopic (exact) mass is 398 g/mol. The third-order valence-electron chi connectivity index (χ3n) is 3.57. The van der Waals surface area contributed by atoms with Crippen LogP contribution in [-0.2, 0) is 4.84 Å². The Hall–Kier alpha value is -1.80. The fraction of sp³-hybridized carbons (Fsp3) is 0.500. The van der Waals surface area contributed by atoms with E-state index in [4.69, 9.17) is 16.3 Å². The molecule has 134 valence electrons. The van der Waals surface area contributed by atoms with Crippen molar-refractivity contribution in [3.63, 3.8) is 0 Å². The Kier molecular flexibility index (Phi) is 7.04.